The second kappa shape index (κ2) is 3.84. The highest BCUT2D eigenvalue weighted by Gasteiger charge is 2.28. The molecule has 0 atom stereocenters. The summed E-state index contributed by atoms with van der Waals surface area (Å²) >= 11 is 0. The van der Waals surface area contributed by atoms with Gasteiger partial charge in [-0.15, -0.1) is 10.2 Å². The zero-order valence-corrected chi connectivity index (χ0v) is 9.68. The Kier molecular flexibility index (Phi) is 2.31. The van der Waals surface area contributed by atoms with E-state index < -0.39 is 0 Å². The molecule has 0 aromatic carbocycles. The number of carbonyl (C=O) groups excluding carboxylic acids is 1. The van der Waals surface area contributed by atoms with Gasteiger partial charge in [0.2, 0.25) is 0 Å². The van der Waals surface area contributed by atoms with Crippen molar-refractivity contribution in [2.75, 3.05) is 6.54 Å². The standard InChI is InChI=1S/C12H14N4O/c1-2-13-12(17)9-5-6-10-14-15-11(8-3-4-8)16(10)7-9/h5-8H,2-4H2,1H3,(H,13,17). The Balaban J connectivity index is 2.04. The highest BCUT2D eigenvalue weighted by molar-refractivity contribution is 5.94. The summed E-state index contributed by atoms with van der Waals surface area (Å²) in [6.45, 7) is 2.54. The minimum atomic E-state index is -0.0511. The Morgan fingerprint density at radius 2 is 2.29 bits per heavy atom. The molecule has 0 unspecified atom stereocenters. The minimum absolute atomic E-state index is 0.0511. The molecule has 1 fully saturated rings. The maximum absolute atomic E-state index is 11.7. The van der Waals surface area contributed by atoms with Crippen molar-refractivity contribution in [3.05, 3.63) is 29.7 Å². The SMILES string of the molecule is CCNC(=O)c1ccc2nnc(C3CC3)n2c1. The third-order valence-electron chi connectivity index (χ3n) is 2.97. The molecular weight excluding hydrogens is 216 g/mol. The van der Waals surface area contributed by atoms with Crippen molar-refractivity contribution in [2.45, 2.75) is 25.7 Å². The normalized spacial score (nSPS) is 15.1. The predicted molar refractivity (Wildman–Crippen MR) is 63.0 cm³/mol. The van der Waals surface area contributed by atoms with Crippen LogP contribution in [0.3, 0.4) is 0 Å². The third-order valence-corrected chi connectivity index (χ3v) is 2.97. The van der Waals surface area contributed by atoms with Crippen molar-refractivity contribution in [1.29, 1.82) is 0 Å². The summed E-state index contributed by atoms with van der Waals surface area (Å²) < 4.78 is 1.93. The summed E-state index contributed by atoms with van der Waals surface area (Å²) in [5.74, 6) is 1.45. The van der Waals surface area contributed by atoms with E-state index in [1.165, 1.54) is 12.8 Å². The lowest BCUT2D eigenvalue weighted by Crippen LogP contribution is -2.22. The molecule has 0 radical (unpaired) electrons. The number of carbonyl (C=O) groups is 1. The first-order valence-corrected chi connectivity index (χ1v) is 5.92. The molecule has 1 aliphatic rings. The first kappa shape index (κ1) is 10.3. The average molecular weight is 230 g/mol. The van der Waals surface area contributed by atoms with E-state index in [9.17, 15) is 4.79 Å². The minimum Gasteiger partial charge on any atom is -0.352 e. The fraction of sp³-hybridized carbons (Fsp3) is 0.417. The van der Waals surface area contributed by atoms with E-state index in [1.54, 1.807) is 6.07 Å². The zero-order valence-electron chi connectivity index (χ0n) is 9.68. The van der Waals surface area contributed by atoms with Gasteiger partial charge in [-0.3, -0.25) is 9.20 Å². The van der Waals surface area contributed by atoms with Crippen molar-refractivity contribution in [3.8, 4) is 0 Å². The van der Waals surface area contributed by atoms with E-state index in [1.807, 2.05) is 23.6 Å². The molecule has 1 aliphatic carbocycles. The molecule has 5 nitrogen and oxygen atoms in total. The van der Waals surface area contributed by atoms with Gasteiger partial charge in [0.15, 0.2) is 5.65 Å². The molecule has 2 heterocycles. The molecule has 1 N–H and O–H groups in total. The quantitative estimate of drug-likeness (QED) is 0.866. The Morgan fingerprint density at radius 1 is 1.47 bits per heavy atom. The van der Waals surface area contributed by atoms with Crippen LogP contribution >= 0.6 is 0 Å². The maximum Gasteiger partial charge on any atom is 0.252 e. The number of hydrogen-bond acceptors (Lipinski definition) is 3. The van der Waals surface area contributed by atoms with Crippen LogP contribution in [0.2, 0.25) is 0 Å². The second-order valence-corrected chi connectivity index (χ2v) is 4.34. The molecule has 0 bridgehead atoms. The zero-order chi connectivity index (χ0) is 11.8. The number of nitrogens with zero attached hydrogens (tertiary/aromatic N) is 3. The first-order valence-electron chi connectivity index (χ1n) is 5.92. The van der Waals surface area contributed by atoms with Crippen LogP contribution in [0.4, 0.5) is 0 Å². The van der Waals surface area contributed by atoms with Crippen molar-refractivity contribution in [3.63, 3.8) is 0 Å². The van der Waals surface area contributed by atoms with Crippen LogP contribution in [-0.4, -0.2) is 27.0 Å². The summed E-state index contributed by atoms with van der Waals surface area (Å²) in [5.41, 5.74) is 1.46. The number of hydrogen-bond donors (Lipinski definition) is 1. The number of amides is 1. The lowest BCUT2D eigenvalue weighted by Gasteiger charge is -2.03. The van der Waals surface area contributed by atoms with Gasteiger partial charge in [0, 0.05) is 18.7 Å². The second-order valence-electron chi connectivity index (χ2n) is 4.34. The monoisotopic (exact) mass is 230 g/mol. The smallest absolute Gasteiger partial charge is 0.252 e. The Hall–Kier alpha value is -1.91. The van der Waals surface area contributed by atoms with Crippen molar-refractivity contribution >= 4 is 11.6 Å². The summed E-state index contributed by atoms with van der Waals surface area (Å²) in [6, 6.07) is 3.62. The molecule has 1 saturated carbocycles. The average Bonchev–Trinajstić information content (AvgIpc) is 3.09. The molecule has 0 spiro atoms. The van der Waals surface area contributed by atoms with Gasteiger partial charge in [-0.1, -0.05) is 0 Å². The van der Waals surface area contributed by atoms with Crippen LogP contribution in [-0.2, 0) is 0 Å². The van der Waals surface area contributed by atoms with Gasteiger partial charge in [0.05, 0.1) is 5.56 Å². The molecule has 2 aromatic rings. The number of pyridine rings is 1. The maximum atomic E-state index is 11.7. The lowest BCUT2D eigenvalue weighted by atomic mass is 10.2. The topological polar surface area (TPSA) is 59.3 Å². The number of nitrogens with one attached hydrogen (secondary N) is 1. The van der Waals surface area contributed by atoms with E-state index in [-0.39, 0.29) is 5.91 Å². The highest BCUT2D eigenvalue weighted by Crippen LogP contribution is 2.38. The summed E-state index contributed by atoms with van der Waals surface area (Å²) in [6.07, 6.45) is 4.17. The number of rotatable bonds is 3. The van der Waals surface area contributed by atoms with Crippen LogP contribution in [0.15, 0.2) is 18.3 Å². The molecule has 0 aliphatic heterocycles. The Labute approximate surface area is 98.9 Å². The lowest BCUT2D eigenvalue weighted by molar-refractivity contribution is 0.0955. The number of fused-ring (bicyclic) bond motifs is 1. The van der Waals surface area contributed by atoms with Gasteiger partial charge in [-0.2, -0.15) is 0 Å². The highest BCUT2D eigenvalue weighted by atomic mass is 16.1. The third kappa shape index (κ3) is 1.77. The van der Waals surface area contributed by atoms with Crippen LogP contribution in [0.5, 0.6) is 0 Å². The van der Waals surface area contributed by atoms with Crippen LogP contribution in [0.1, 0.15) is 41.9 Å². The molecule has 3 rings (SSSR count). The Morgan fingerprint density at radius 3 is 3.00 bits per heavy atom. The number of aromatic nitrogens is 3. The van der Waals surface area contributed by atoms with E-state index >= 15 is 0 Å². The van der Waals surface area contributed by atoms with Crippen molar-refractivity contribution in [2.24, 2.45) is 0 Å². The molecule has 88 valence electrons. The van der Waals surface area contributed by atoms with Crippen LogP contribution in [0, 0.1) is 0 Å². The van der Waals surface area contributed by atoms with Crippen molar-refractivity contribution in [1.82, 2.24) is 19.9 Å². The van der Waals surface area contributed by atoms with Gasteiger partial charge < -0.3 is 5.32 Å². The predicted octanol–water partition coefficient (Wildman–Crippen LogP) is 1.36. The molecule has 17 heavy (non-hydrogen) atoms. The van der Waals surface area contributed by atoms with Gasteiger partial charge in [-0.25, -0.2) is 0 Å². The van der Waals surface area contributed by atoms with E-state index in [2.05, 4.69) is 15.5 Å². The van der Waals surface area contributed by atoms with Gasteiger partial charge in [0.25, 0.3) is 5.91 Å². The van der Waals surface area contributed by atoms with Crippen LogP contribution < -0.4 is 5.32 Å². The molecule has 1 amide bonds. The van der Waals surface area contributed by atoms with E-state index in [0.29, 0.717) is 18.0 Å². The first-order chi connectivity index (χ1) is 8.29. The van der Waals surface area contributed by atoms with Gasteiger partial charge >= 0.3 is 0 Å². The fourth-order valence-electron chi connectivity index (χ4n) is 1.93. The molecule has 0 saturated heterocycles. The van der Waals surface area contributed by atoms with Gasteiger partial charge in [0.1, 0.15) is 5.82 Å². The molecule has 5 heteroatoms. The van der Waals surface area contributed by atoms with E-state index in [0.717, 1.165) is 11.5 Å². The largest absolute Gasteiger partial charge is 0.352 e. The van der Waals surface area contributed by atoms with E-state index in [4.69, 9.17) is 0 Å². The van der Waals surface area contributed by atoms with Gasteiger partial charge in [-0.05, 0) is 31.9 Å². The molecule has 2 aromatic heterocycles. The molecular formula is C12H14N4O. The van der Waals surface area contributed by atoms with Crippen LogP contribution in [0.25, 0.3) is 5.65 Å². The summed E-state index contributed by atoms with van der Waals surface area (Å²) in [7, 11) is 0. The summed E-state index contributed by atoms with van der Waals surface area (Å²) in [4.78, 5) is 11.7. The Bertz CT molecular complexity index is 571. The summed E-state index contributed by atoms with van der Waals surface area (Å²) in [5, 5.41) is 11.1. The fourth-order valence-corrected chi connectivity index (χ4v) is 1.93. The van der Waals surface area contributed by atoms with Crippen molar-refractivity contribution < 1.29 is 4.79 Å².